The number of aliphatic hydroxyl groups is 1. The number of aryl methyl sites for hydroxylation is 2. The number of hydrogen-bond donors (Lipinski definition) is 1. The molecule has 2 rings (SSSR count). The first-order valence-corrected chi connectivity index (χ1v) is 5.21. The maximum atomic E-state index is 10.2. The lowest BCUT2D eigenvalue weighted by atomic mass is 10.1. The summed E-state index contributed by atoms with van der Waals surface area (Å²) in [5.41, 5.74) is 3.05. The van der Waals surface area contributed by atoms with Crippen LogP contribution in [-0.2, 0) is 0 Å². The summed E-state index contributed by atoms with van der Waals surface area (Å²) in [6, 6.07) is 9.49. The SMILES string of the molecule is Cc1cnc(C)c([C@H](O)c2ccccc2)n1. The van der Waals surface area contributed by atoms with Crippen LogP contribution < -0.4 is 0 Å². The molecular weight excluding hydrogens is 200 g/mol. The highest BCUT2D eigenvalue weighted by Gasteiger charge is 2.14. The quantitative estimate of drug-likeness (QED) is 0.833. The number of benzene rings is 1. The molecule has 1 atom stereocenters. The molecule has 0 saturated heterocycles. The van der Waals surface area contributed by atoms with Crippen LogP contribution in [0.15, 0.2) is 36.5 Å². The van der Waals surface area contributed by atoms with Gasteiger partial charge in [0, 0.05) is 6.20 Å². The van der Waals surface area contributed by atoms with Gasteiger partial charge in [0.05, 0.1) is 17.1 Å². The summed E-state index contributed by atoms with van der Waals surface area (Å²) >= 11 is 0. The van der Waals surface area contributed by atoms with Gasteiger partial charge < -0.3 is 5.11 Å². The van der Waals surface area contributed by atoms with Gasteiger partial charge in [-0.15, -0.1) is 0 Å². The average Bonchev–Trinajstić information content (AvgIpc) is 2.32. The van der Waals surface area contributed by atoms with Gasteiger partial charge in [0.25, 0.3) is 0 Å². The summed E-state index contributed by atoms with van der Waals surface area (Å²) in [7, 11) is 0. The van der Waals surface area contributed by atoms with Crippen LogP contribution in [0.4, 0.5) is 0 Å². The Morgan fingerprint density at radius 3 is 2.50 bits per heavy atom. The van der Waals surface area contributed by atoms with Crippen molar-refractivity contribution < 1.29 is 5.11 Å². The molecule has 16 heavy (non-hydrogen) atoms. The van der Waals surface area contributed by atoms with Gasteiger partial charge in [0.15, 0.2) is 0 Å². The van der Waals surface area contributed by atoms with Crippen molar-refractivity contribution in [2.75, 3.05) is 0 Å². The summed E-state index contributed by atoms with van der Waals surface area (Å²) in [5, 5.41) is 10.2. The smallest absolute Gasteiger partial charge is 0.123 e. The molecule has 82 valence electrons. The Morgan fingerprint density at radius 2 is 1.81 bits per heavy atom. The molecular formula is C13H14N2O. The van der Waals surface area contributed by atoms with E-state index in [1.165, 1.54) is 0 Å². The third kappa shape index (κ3) is 2.09. The molecule has 2 aromatic rings. The Kier molecular flexibility index (Phi) is 2.97. The predicted octanol–water partition coefficient (Wildman–Crippen LogP) is 2.18. The van der Waals surface area contributed by atoms with E-state index in [-0.39, 0.29) is 0 Å². The fourth-order valence-corrected chi connectivity index (χ4v) is 1.61. The second-order valence-corrected chi connectivity index (χ2v) is 3.80. The highest BCUT2D eigenvalue weighted by atomic mass is 16.3. The largest absolute Gasteiger partial charge is 0.382 e. The maximum absolute atomic E-state index is 10.2. The topological polar surface area (TPSA) is 46.0 Å². The van der Waals surface area contributed by atoms with Crippen molar-refractivity contribution in [2.45, 2.75) is 20.0 Å². The highest BCUT2D eigenvalue weighted by molar-refractivity contribution is 5.27. The van der Waals surface area contributed by atoms with Crippen molar-refractivity contribution in [1.82, 2.24) is 9.97 Å². The van der Waals surface area contributed by atoms with E-state index in [1.54, 1.807) is 6.20 Å². The number of nitrogens with zero attached hydrogens (tertiary/aromatic N) is 2. The lowest BCUT2D eigenvalue weighted by molar-refractivity contribution is 0.213. The van der Waals surface area contributed by atoms with E-state index in [9.17, 15) is 5.11 Å². The molecule has 0 aliphatic carbocycles. The van der Waals surface area contributed by atoms with Crippen LogP contribution in [0.2, 0.25) is 0 Å². The van der Waals surface area contributed by atoms with Crippen molar-refractivity contribution in [3.8, 4) is 0 Å². The monoisotopic (exact) mass is 214 g/mol. The van der Waals surface area contributed by atoms with Crippen molar-refractivity contribution in [1.29, 1.82) is 0 Å². The summed E-state index contributed by atoms with van der Waals surface area (Å²) in [5.74, 6) is 0. The Bertz CT molecular complexity index is 483. The Labute approximate surface area is 94.8 Å². The van der Waals surface area contributed by atoms with E-state index in [0.29, 0.717) is 5.69 Å². The van der Waals surface area contributed by atoms with Crippen LogP contribution in [0.1, 0.15) is 28.7 Å². The first-order valence-electron chi connectivity index (χ1n) is 5.21. The normalized spacial score (nSPS) is 12.4. The van der Waals surface area contributed by atoms with Crippen LogP contribution in [0.3, 0.4) is 0 Å². The lowest BCUT2D eigenvalue weighted by Gasteiger charge is -2.12. The first-order chi connectivity index (χ1) is 7.68. The van der Waals surface area contributed by atoms with Gasteiger partial charge in [-0.05, 0) is 19.4 Å². The van der Waals surface area contributed by atoms with E-state index in [4.69, 9.17) is 0 Å². The fourth-order valence-electron chi connectivity index (χ4n) is 1.61. The molecule has 0 radical (unpaired) electrons. The molecule has 0 aliphatic heterocycles. The van der Waals surface area contributed by atoms with E-state index in [1.807, 2.05) is 44.2 Å². The Hall–Kier alpha value is -1.74. The Balaban J connectivity index is 2.41. The number of rotatable bonds is 2. The van der Waals surface area contributed by atoms with E-state index in [0.717, 1.165) is 17.0 Å². The van der Waals surface area contributed by atoms with Gasteiger partial charge in [0.2, 0.25) is 0 Å². The van der Waals surface area contributed by atoms with Gasteiger partial charge in [-0.1, -0.05) is 30.3 Å². The van der Waals surface area contributed by atoms with Gasteiger partial charge in [0.1, 0.15) is 6.10 Å². The molecule has 0 bridgehead atoms. The predicted molar refractivity (Wildman–Crippen MR) is 62.0 cm³/mol. The van der Waals surface area contributed by atoms with Crippen LogP contribution in [0.5, 0.6) is 0 Å². The van der Waals surface area contributed by atoms with E-state index >= 15 is 0 Å². The average molecular weight is 214 g/mol. The Morgan fingerprint density at radius 1 is 1.12 bits per heavy atom. The van der Waals surface area contributed by atoms with Crippen molar-refractivity contribution in [3.05, 3.63) is 59.2 Å². The minimum Gasteiger partial charge on any atom is -0.382 e. The minimum atomic E-state index is -0.700. The second-order valence-electron chi connectivity index (χ2n) is 3.80. The molecule has 3 nitrogen and oxygen atoms in total. The number of aromatic nitrogens is 2. The zero-order valence-corrected chi connectivity index (χ0v) is 9.38. The highest BCUT2D eigenvalue weighted by Crippen LogP contribution is 2.21. The molecule has 1 aromatic heterocycles. The van der Waals surface area contributed by atoms with Crippen LogP contribution >= 0.6 is 0 Å². The molecule has 1 heterocycles. The molecule has 3 heteroatoms. The lowest BCUT2D eigenvalue weighted by Crippen LogP contribution is -2.07. The van der Waals surface area contributed by atoms with E-state index < -0.39 is 6.10 Å². The number of hydrogen-bond acceptors (Lipinski definition) is 3. The summed E-state index contributed by atoms with van der Waals surface area (Å²) in [6.45, 7) is 3.72. The molecule has 1 N–H and O–H groups in total. The molecule has 0 unspecified atom stereocenters. The van der Waals surface area contributed by atoms with Crippen LogP contribution in [0.25, 0.3) is 0 Å². The number of aliphatic hydroxyl groups excluding tert-OH is 1. The molecule has 1 aromatic carbocycles. The summed E-state index contributed by atoms with van der Waals surface area (Å²) in [6.07, 6.45) is 1.00. The summed E-state index contributed by atoms with van der Waals surface area (Å²) in [4.78, 5) is 8.54. The fraction of sp³-hybridized carbons (Fsp3) is 0.231. The molecule has 0 saturated carbocycles. The van der Waals surface area contributed by atoms with E-state index in [2.05, 4.69) is 9.97 Å². The maximum Gasteiger partial charge on any atom is 0.123 e. The molecule has 0 aliphatic rings. The zero-order valence-electron chi connectivity index (χ0n) is 9.38. The van der Waals surface area contributed by atoms with Crippen LogP contribution in [-0.4, -0.2) is 15.1 Å². The third-order valence-corrected chi connectivity index (χ3v) is 2.49. The molecule has 0 fully saturated rings. The van der Waals surface area contributed by atoms with Crippen molar-refractivity contribution >= 4 is 0 Å². The van der Waals surface area contributed by atoms with Gasteiger partial charge in [-0.2, -0.15) is 0 Å². The standard InChI is InChI=1S/C13H14N2O/c1-9-8-14-10(2)12(15-9)13(16)11-6-4-3-5-7-11/h3-8,13,16H,1-2H3/t13-/m1/s1. The van der Waals surface area contributed by atoms with Crippen molar-refractivity contribution in [3.63, 3.8) is 0 Å². The molecule has 0 amide bonds. The first kappa shape index (κ1) is 10.8. The second kappa shape index (κ2) is 4.41. The van der Waals surface area contributed by atoms with Crippen LogP contribution in [0, 0.1) is 13.8 Å². The van der Waals surface area contributed by atoms with Gasteiger partial charge >= 0.3 is 0 Å². The van der Waals surface area contributed by atoms with Gasteiger partial charge in [-0.3, -0.25) is 9.97 Å². The zero-order chi connectivity index (χ0) is 11.5. The van der Waals surface area contributed by atoms with Crippen molar-refractivity contribution in [2.24, 2.45) is 0 Å². The third-order valence-electron chi connectivity index (χ3n) is 2.49. The van der Waals surface area contributed by atoms with Gasteiger partial charge in [-0.25, -0.2) is 0 Å². The minimum absolute atomic E-state index is 0.631. The molecule has 0 spiro atoms. The summed E-state index contributed by atoms with van der Waals surface area (Å²) < 4.78 is 0.